The predicted octanol–water partition coefficient (Wildman–Crippen LogP) is 1.72. The first-order chi connectivity index (χ1) is 11.7. The molecule has 1 aromatic carbocycles. The van der Waals surface area contributed by atoms with Crippen molar-refractivity contribution < 1.29 is 9.84 Å². The van der Waals surface area contributed by atoms with Crippen LogP contribution in [0, 0.1) is 0 Å². The van der Waals surface area contributed by atoms with E-state index in [0.29, 0.717) is 12.6 Å². The highest BCUT2D eigenvalue weighted by atomic mass is 16.5. The van der Waals surface area contributed by atoms with Crippen molar-refractivity contribution in [1.82, 2.24) is 15.5 Å². The van der Waals surface area contributed by atoms with Crippen molar-refractivity contribution >= 4 is 5.96 Å². The second kappa shape index (κ2) is 9.17. The maximum atomic E-state index is 9.95. The number of nitrogens with zero attached hydrogens (tertiary/aromatic N) is 2. The Morgan fingerprint density at radius 3 is 2.83 bits per heavy atom. The summed E-state index contributed by atoms with van der Waals surface area (Å²) < 4.78 is 5.20. The average molecular weight is 332 g/mol. The Hall–Kier alpha value is -2.21. The van der Waals surface area contributed by atoms with Crippen molar-refractivity contribution in [3.8, 4) is 11.5 Å². The topological polar surface area (TPSA) is 69.1 Å². The summed E-state index contributed by atoms with van der Waals surface area (Å²) in [6, 6.07) is 5.62. The van der Waals surface area contributed by atoms with Crippen molar-refractivity contribution in [2.75, 3.05) is 33.8 Å². The number of hydrogen-bond donors (Lipinski definition) is 3. The van der Waals surface area contributed by atoms with Crippen LogP contribution in [-0.4, -0.2) is 55.8 Å². The van der Waals surface area contributed by atoms with E-state index in [2.05, 4.69) is 27.1 Å². The molecule has 1 saturated heterocycles. The molecule has 0 unspecified atom stereocenters. The zero-order valence-electron chi connectivity index (χ0n) is 14.6. The summed E-state index contributed by atoms with van der Waals surface area (Å²) in [5.74, 6) is 1.72. The third-order valence-corrected chi connectivity index (χ3v) is 4.27. The van der Waals surface area contributed by atoms with E-state index < -0.39 is 0 Å². The molecule has 24 heavy (non-hydrogen) atoms. The van der Waals surface area contributed by atoms with Crippen LogP contribution < -0.4 is 15.4 Å². The molecule has 0 amide bonds. The summed E-state index contributed by atoms with van der Waals surface area (Å²) in [4.78, 5) is 6.68. The number of methoxy groups -OCH3 is 1. The van der Waals surface area contributed by atoms with Crippen molar-refractivity contribution in [1.29, 1.82) is 0 Å². The molecular weight excluding hydrogens is 304 g/mol. The van der Waals surface area contributed by atoms with Gasteiger partial charge in [-0.25, -0.2) is 0 Å². The molecule has 6 nitrogen and oxygen atoms in total. The van der Waals surface area contributed by atoms with Crippen LogP contribution in [0.4, 0.5) is 0 Å². The third kappa shape index (κ3) is 5.16. The Kier molecular flexibility index (Phi) is 6.93. The average Bonchev–Trinajstić information content (AvgIpc) is 2.61. The van der Waals surface area contributed by atoms with Gasteiger partial charge in [-0.05, 0) is 31.0 Å². The van der Waals surface area contributed by atoms with Crippen LogP contribution in [0.2, 0.25) is 0 Å². The van der Waals surface area contributed by atoms with Gasteiger partial charge in [0.1, 0.15) is 11.5 Å². The number of likely N-dealkylation sites (tertiary alicyclic amines) is 1. The number of piperidine rings is 1. The van der Waals surface area contributed by atoms with Gasteiger partial charge in [0.2, 0.25) is 0 Å². The van der Waals surface area contributed by atoms with E-state index in [-0.39, 0.29) is 5.75 Å². The number of phenols is 1. The van der Waals surface area contributed by atoms with Crippen LogP contribution in [0.3, 0.4) is 0 Å². The van der Waals surface area contributed by atoms with Gasteiger partial charge in [0.05, 0.1) is 7.11 Å². The van der Waals surface area contributed by atoms with Gasteiger partial charge in [-0.2, -0.15) is 0 Å². The zero-order valence-corrected chi connectivity index (χ0v) is 14.6. The van der Waals surface area contributed by atoms with Gasteiger partial charge >= 0.3 is 0 Å². The third-order valence-electron chi connectivity index (χ3n) is 4.27. The highest BCUT2D eigenvalue weighted by Gasteiger charge is 2.19. The normalized spacial score (nSPS) is 16.7. The molecule has 0 aromatic heterocycles. The van der Waals surface area contributed by atoms with E-state index in [1.807, 2.05) is 12.1 Å². The molecular formula is C18H28N4O2. The van der Waals surface area contributed by atoms with E-state index >= 15 is 0 Å². The fourth-order valence-corrected chi connectivity index (χ4v) is 2.84. The van der Waals surface area contributed by atoms with Crippen LogP contribution in [-0.2, 0) is 6.54 Å². The smallest absolute Gasteiger partial charge is 0.191 e. The van der Waals surface area contributed by atoms with E-state index in [9.17, 15) is 5.11 Å². The van der Waals surface area contributed by atoms with Crippen LogP contribution in [0.15, 0.2) is 35.8 Å². The van der Waals surface area contributed by atoms with Gasteiger partial charge in [0.15, 0.2) is 5.96 Å². The molecule has 0 radical (unpaired) electrons. The number of phenolic OH excluding ortho intramolecular Hbond substituents is 1. The van der Waals surface area contributed by atoms with Gasteiger partial charge in [-0.1, -0.05) is 6.08 Å². The van der Waals surface area contributed by atoms with Gasteiger partial charge < -0.3 is 20.5 Å². The highest BCUT2D eigenvalue weighted by molar-refractivity contribution is 5.80. The Morgan fingerprint density at radius 2 is 2.21 bits per heavy atom. The number of hydrogen-bond acceptors (Lipinski definition) is 4. The second-order valence-electron chi connectivity index (χ2n) is 5.93. The van der Waals surface area contributed by atoms with Crippen molar-refractivity contribution in [3.05, 3.63) is 36.4 Å². The first-order valence-corrected chi connectivity index (χ1v) is 8.32. The number of guanidine groups is 1. The number of benzene rings is 1. The molecule has 3 N–H and O–H groups in total. The van der Waals surface area contributed by atoms with E-state index in [0.717, 1.165) is 49.7 Å². The summed E-state index contributed by atoms with van der Waals surface area (Å²) in [5.41, 5.74) is 0.776. The molecule has 0 atom stereocenters. The van der Waals surface area contributed by atoms with Gasteiger partial charge in [-0.15, -0.1) is 6.58 Å². The largest absolute Gasteiger partial charge is 0.508 e. The molecule has 1 aliphatic rings. The molecule has 0 spiro atoms. The van der Waals surface area contributed by atoms with Gasteiger partial charge in [-0.3, -0.25) is 9.89 Å². The van der Waals surface area contributed by atoms with E-state index in [4.69, 9.17) is 4.74 Å². The minimum absolute atomic E-state index is 0.247. The molecule has 1 heterocycles. The van der Waals surface area contributed by atoms with E-state index in [1.54, 1.807) is 26.3 Å². The Balaban J connectivity index is 1.84. The van der Waals surface area contributed by atoms with Crippen LogP contribution in [0.25, 0.3) is 0 Å². The van der Waals surface area contributed by atoms with Gasteiger partial charge in [0, 0.05) is 44.8 Å². The Bertz CT molecular complexity index is 566. The highest BCUT2D eigenvalue weighted by Crippen LogP contribution is 2.22. The number of aliphatic imine (C=N–C) groups is 1. The lowest BCUT2D eigenvalue weighted by molar-refractivity contribution is 0.225. The summed E-state index contributed by atoms with van der Waals surface area (Å²) in [5, 5.41) is 16.7. The summed E-state index contributed by atoms with van der Waals surface area (Å²) in [6.45, 7) is 7.36. The minimum Gasteiger partial charge on any atom is -0.508 e. The molecule has 132 valence electrons. The van der Waals surface area contributed by atoms with E-state index in [1.165, 1.54) is 0 Å². The monoisotopic (exact) mass is 332 g/mol. The molecule has 0 aliphatic carbocycles. The van der Waals surface area contributed by atoms with Crippen molar-refractivity contribution in [2.24, 2.45) is 4.99 Å². The quantitative estimate of drug-likeness (QED) is 0.420. The molecule has 2 rings (SSSR count). The lowest BCUT2D eigenvalue weighted by atomic mass is 10.1. The number of rotatable bonds is 6. The number of nitrogens with one attached hydrogen (secondary N) is 2. The maximum Gasteiger partial charge on any atom is 0.191 e. The summed E-state index contributed by atoms with van der Waals surface area (Å²) in [6.07, 6.45) is 4.12. The standard InChI is InChI=1S/C18H28N4O2/c1-4-9-22-10-7-15(8-11-22)21-18(19-2)20-13-14-12-16(24-3)5-6-17(14)23/h4-6,12,15,23H,1,7-11,13H2,2-3H3,(H2,19,20,21). The first kappa shape index (κ1) is 18.1. The molecule has 1 fully saturated rings. The number of aromatic hydroxyl groups is 1. The van der Waals surface area contributed by atoms with Gasteiger partial charge in [0.25, 0.3) is 0 Å². The maximum absolute atomic E-state index is 9.95. The summed E-state index contributed by atoms with van der Waals surface area (Å²) in [7, 11) is 3.37. The van der Waals surface area contributed by atoms with Crippen LogP contribution in [0.1, 0.15) is 18.4 Å². The van der Waals surface area contributed by atoms with Crippen molar-refractivity contribution in [3.63, 3.8) is 0 Å². The minimum atomic E-state index is 0.247. The molecule has 1 aliphatic heterocycles. The SMILES string of the molecule is C=CCN1CCC(NC(=NC)NCc2cc(OC)ccc2O)CC1. The fraction of sp³-hybridized carbons (Fsp3) is 0.500. The lowest BCUT2D eigenvalue weighted by Gasteiger charge is -2.32. The first-order valence-electron chi connectivity index (χ1n) is 8.32. The van der Waals surface area contributed by atoms with Crippen LogP contribution >= 0.6 is 0 Å². The second-order valence-corrected chi connectivity index (χ2v) is 5.93. The zero-order chi connectivity index (χ0) is 17.4. The Labute approximate surface area is 144 Å². The lowest BCUT2D eigenvalue weighted by Crippen LogP contribution is -2.48. The molecule has 0 saturated carbocycles. The Morgan fingerprint density at radius 1 is 1.46 bits per heavy atom. The molecule has 0 bridgehead atoms. The van der Waals surface area contributed by atoms with Crippen LogP contribution in [0.5, 0.6) is 11.5 Å². The summed E-state index contributed by atoms with van der Waals surface area (Å²) >= 11 is 0. The van der Waals surface area contributed by atoms with Crippen molar-refractivity contribution in [2.45, 2.75) is 25.4 Å². The molecule has 6 heteroatoms. The molecule has 1 aromatic rings. The number of ether oxygens (including phenoxy) is 1. The fourth-order valence-electron chi connectivity index (χ4n) is 2.84. The predicted molar refractivity (Wildman–Crippen MR) is 97.7 cm³/mol.